The summed E-state index contributed by atoms with van der Waals surface area (Å²) in [6, 6.07) is 0. The molecule has 1 saturated heterocycles. The van der Waals surface area contributed by atoms with Crippen molar-refractivity contribution in [1.82, 2.24) is 0 Å². The molecular formula is C20H28O13. The van der Waals surface area contributed by atoms with Crippen molar-refractivity contribution < 1.29 is 63.2 Å². The normalized spacial score (nSPS) is 33.0. The summed E-state index contributed by atoms with van der Waals surface area (Å²) in [5.41, 5.74) is 0.0899. The molecule has 2 aliphatic heterocycles. The largest absolute Gasteiger partial charge is 0.469 e. The number of carbonyl (C=O) groups excluding carboxylic acids is 3. The lowest BCUT2D eigenvalue weighted by molar-refractivity contribution is -0.327. The van der Waals surface area contributed by atoms with E-state index in [9.17, 15) is 34.8 Å². The second-order valence-corrected chi connectivity index (χ2v) is 7.21. The zero-order valence-electron chi connectivity index (χ0n) is 18.3. The summed E-state index contributed by atoms with van der Waals surface area (Å²) in [6.07, 6.45) is -7.21. The molecule has 0 aromatic carbocycles. The summed E-state index contributed by atoms with van der Waals surface area (Å²) in [5.74, 6) is -3.05. The van der Waals surface area contributed by atoms with Crippen LogP contribution < -0.4 is 0 Å². The predicted molar refractivity (Wildman–Crippen MR) is 105 cm³/mol. The molecule has 186 valence electrons. The third-order valence-electron chi connectivity index (χ3n) is 5.10. The molecule has 0 saturated carbocycles. The number of hydrogen-bond donors (Lipinski definition) is 4. The monoisotopic (exact) mass is 476 g/mol. The van der Waals surface area contributed by atoms with Crippen LogP contribution in [-0.2, 0) is 42.8 Å². The average Bonchev–Trinajstić information content (AvgIpc) is 2.79. The van der Waals surface area contributed by atoms with Gasteiger partial charge >= 0.3 is 17.9 Å². The van der Waals surface area contributed by atoms with Gasteiger partial charge in [0.2, 0.25) is 6.29 Å². The van der Waals surface area contributed by atoms with Gasteiger partial charge in [-0.25, -0.2) is 4.79 Å². The summed E-state index contributed by atoms with van der Waals surface area (Å²) in [4.78, 5) is 35.5. The third kappa shape index (κ3) is 6.50. The van der Waals surface area contributed by atoms with Gasteiger partial charge in [0.05, 0.1) is 39.1 Å². The molecule has 2 rings (SSSR count). The molecule has 0 unspecified atom stereocenters. The summed E-state index contributed by atoms with van der Waals surface area (Å²) in [6.45, 7) is 0.237. The van der Waals surface area contributed by atoms with Crippen molar-refractivity contribution >= 4 is 17.9 Å². The Morgan fingerprint density at radius 2 is 1.79 bits per heavy atom. The quantitative estimate of drug-likeness (QED) is 0.169. The number of rotatable bonds is 8. The smallest absolute Gasteiger partial charge is 0.337 e. The fourth-order valence-corrected chi connectivity index (χ4v) is 3.33. The second kappa shape index (κ2) is 12.1. The summed E-state index contributed by atoms with van der Waals surface area (Å²) in [5, 5.41) is 39.6. The highest BCUT2D eigenvalue weighted by Crippen LogP contribution is 2.36. The molecule has 13 heteroatoms. The van der Waals surface area contributed by atoms with Crippen LogP contribution >= 0.6 is 0 Å². The van der Waals surface area contributed by atoms with Crippen LogP contribution in [0.5, 0.6) is 0 Å². The predicted octanol–water partition coefficient (Wildman–Crippen LogP) is -2.12. The Hall–Kier alpha value is -2.55. The molecule has 2 heterocycles. The molecule has 0 bridgehead atoms. The Bertz CT molecular complexity index is 774. The van der Waals surface area contributed by atoms with Crippen molar-refractivity contribution in [2.24, 2.45) is 5.92 Å². The molecular weight excluding hydrogens is 448 g/mol. The molecule has 33 heavy (non-hydrogen) atoms. The summed E-state index contributed by atoms with van der Waals surface area (Å²) >= 11 is 0. The fraction of sp³-hybridized carbons (Fsp3) is 0.650. The van der Waals surface area contributed by atoms with E-state index in [1.165, 1.54) is 13.0 Å². The van der Waals surface area contributed by atoms with E-state index < -0.39 is 67.4 Å². The van der Waals surface area contributed by atoms with Gasteiger partial charge in [-0.1, -0.05) is 0 Å². The number of methoxy groups -OCH3 is 2. The first-order chi connectivity index (χ1) is 15.6. The molecule has 0 spiro atoms. The van der Waals surface area contributed by atoms with Gasteiger partial charge in [0.25, 0.3) is 0 Å². The maximum Gasteiger partial charge on any atom is 0.337 e. The Labute approximate surface area is 189 Å². The number of ether oxygens (including phenoxy) is 6. The fourth-order valence-electron chi connectivity index (χ4n) is 3.33. The van der Waals surface area contributed by atoms with Crippen molar-refractivity contribution in [3.05, 3.63) is 23.5 Å². The van der Waals surface area contributed by atoms with Crippen LogP contribution in [0.3, 0.4) is 0 Å². The molecule has 0 radical (unpaired) electrons. The van der Waals surface area contributed by atoms with Crippen LogP contribution in [0.2, 0.25) is 0 Å². The van der Waals surface area contributed by atoms with E-state index in [0.29, 0.717) is 0 Å². The lowest BCUT2D eigenvalue weighted by Gasteiger charge is -2.41. The van der Waals surface area contributed by atoms with E-state index in [1.54, 1.807) is 0 Å². The first-order valence-corrected chi connectivity index (χ1v) is 9.94. The Morgan fingerprint density at radius 3 is 2.36 bits per heavy atom. The maximum atomic E-state index is 12.3. The first kappa shape index (κ1) is 26.7. The van der Waals surface area contributed by atoms with Crippen molar-refractivity contribution in [3.8, 4) is 0 Å². The SMILES string of the molecule is COC(=O)C[C@@H]1C(C(=O)OC)=CO[C@@H](O[C@@H]2O[C@H](CO)[C@@H](O)[C@H](O)[C@H]2O)/C1=C/COC(C)=O. The summed E-state index contributed by atoms with van der Waals surface area (Å²) < 4.78 is 30.8. The van der Waals surface area contributed by atoms with E-state index in [0.717, 1.165) is 20.5 Å². The van der Waals surface area contributed by atoms with Crippen LogP contribution in [0.25, 0.3) is 0 Å². The zero-order valence-corrected chi connectivity index (χ0v) is 18.3. The molecule has 7 atom stereocenters. The topological polar surface area (TPSA) is 188 Å². The number of aliphatic hydroxyl groups is 4. The molecule has 0 amide bonds. The lowest BCUT2D eigenvalue weighted by atomic mass is 9.86. The van der Waals surface area contributed by atoms with Gasteiger partial charge in [0.15, 0.2) is 6.29 Å². The average molecular weight is 476 g/mol. The number of esters is 3. The number of carbonyl (C=O) groups is 3. The van der Waals surface area contributed by atoms with Gasteiger partial charge in [-0.3, -0.25) is 9.59 Å². The van der Waals surface area contributed by atoms with Crippen LogP contribution in [0, 0.1) is 5.92 Å². The Kier molecular flexibility index (Phi) is 9.76. The number of aliphatic hydroxyl groups excluding tert-OH is 4. The zero-order chi connectivity index (χ0) is 24.7. The standard InChI is InChI=1S/C20H28O13/c1-9(22)30-5-4-10-11(6-14(23)28-2)12(18(27)29-3)8-31-19(10)33-20-17(26)16(25)15(24)13(7-21)32-20/h4,8,11,13,15-17,19-21,24-26H,5-7H2,1-3H3/b10-4+/t11-,13+,15+,16-,17+,19-,20-/m0/s1. The first-order valence-electron chi connectivity index (χ1n) is 9.94. The van der Waals surface area contributed by atoms with Crippen LogP contribution in [-0.4, -0.2) is 103 Å². The van der Waals surface area contributed by atoms with Crippen molar-refractivity contribution in [2.45, 2.75) is 50.3 Å². The third-order valence-corrected chi connectivity index (χ3v) is 5.10. The second-order valence-electron chi connectivity index (χ2n) is 7.21. The van der Waals surface area contributed by atoms with Gasteiger partial charge in [-0.05, 0) is 6.08 Å². The molecule has 0 aliphatic carbocycles. The van der Waals surface area contributed by atoms with Crippen molar-refractivity contribution in [3.63, 3.8) is 0 Å². The molecule has 13 nitrogen and oxygen atoms in total. The summed E-state index contributed by atoms with van der Waals surface area (Å²) in [7, 11) is 2.30. The Morgan fingerprint density at radius 1 is 1.09 bits per heavy atom. The molecule has 0 aromatic rings. The van der Waals surface area contributed by atoms with Crippen LogP contribution in [0.1, 0.15) is 13.3 Å². The highest BCUT2D eigenvalue weighted by molar-refractivity contribution is 5.90. The highest BCUT2D eigenvalue weighted by Gasteiger charge is 2.47. The van der Waals surface area contributed by atoms with E-state index in [4.69, 9.17) is 28.4 Å². The van der Waals surface area contributed by atoms with E-state index >= 15 is 0 Å². The van der Waals surface area contributed by atoms with Gasteiger partial charge in [0, 0.05) is 18.4 Å². The van der Waals surface area contributed by atoms with E-state index in [-0.39, 0.29) is 24.2 Å². The molecule has 2 aliphatic rings. The highest BCUT2D eigenvalue weighted by atomic mass is 16.8. The molecule has 4 N–H and O–H groups in total. The minimum Gasteiger partial charge on any atom is -0.469 e. The van der Waals surface area contributed by atoms with E-state index in [2.05, 4.69) is 0 Å². The van der Waals surface area contributed by atoms with Crippen LogP contribution in [0.15, 0.2) is 23.5 Å². The number of hydrogen-bond acceptors (Lipinski definition) is 13. The lowest BCUT2D eigenvalue weighted by Crippen LogP contribution is -2.60. The van der Waals surface area contributed by atoms with Gasteiger partial charge in [-0.2, -0.15) is 0 Å². The minimum absolute atomic E-state index is 0.0503. The molecule has 1 fully saturated rings. The van der Waals surface area contributed by atoms with Crippen LogP contribution in [0.4, 0.5) is 0 Å². The van der Waals surface area contributed by atoms with Crippen molar-refractivity contribution in [2.75, 3.05) is 27.4 Å². The van der Waals surface area contributed by atoms with Gasteiger partial charge < -0.3 is 48.8 Å². The van der Waals surface area contributed by atoms with E-state index in [1.807, 2.05) is 0 Å². The van der Waals surface area contributed by atoms with Gasteiger partial charge in [0.1, 0.15) is 31.0 Å². The molecule has 0 aromatic heterocycles. The maximum absolute atomic E-state index is 12.3. The Balaban J connectivity index is 2.39. The van der Waals surface area contributed by atoms with Gasteiger partial charge in [-0.15, -0.1) is 0 Å². The van der Waals surface area contributed by atoms with Crippen molar-refractivity contribution in [1.29, 1.82) is 0 Å². The minimum atomic E-state index is -1.73.